The van der Waals surface area contributed by atoms with Crippen molar-refractivity contribution in [1.82, 2.24) is 15.2 Å². The van der Waals surface area contributed by atoms with Crippen LogP contribution in [0.2, 0.25) is 0 Å². The van der Waals surface area contributed by atoms with Crippen LogP contribution in [0.1, 0.15) is 29.1 Å². The lowest BCUT2D eigenvalue weighted by atomic mass is 10.1. The van der Waals surface area contributed by atoms with E-state index in [0.29, 0.717) is 0 Å². The summed E-state index contributed by atoms with van der Waals surface area (Å²) in [6.07, 6.45) is 0. The third kappa shape index (κ3) is 5.19. The van der Waals surface area contributed by atoms with Gasteiger partial charge in [-0.2, -0.15) is 0 Å². The second-order valence-electron chi connectivity index (χ2n) is 7.20. The maximum absolute atomic E-state index is 12.3. The first kappa shape index (κ1) is 21.0. The monoisotopic (exact) mass is 410 g/mol. The Labute approximate surface area is 174 Å². The summed E-state index contributed by atoms with van der Waals surface area (Å²) >= 11 is 1.63. The number of fused-ring (bicyclic) bond motifs is 1. The lowest BCUT2D eigenvalue weighted by Crippen LogP contribution is -2.40. The highest BCUT2D eigenvalue weighted by Crippen LogP contribution is 2.28. The topological polar surface area (TPSA) is 74.3 Å². The van der Waals surface area contributed by atoms with Crippen molar-refractivity contribution in [2.24, 2.45) is 0 Å². The number of nitrogens with zero attached hydrogens (tertiary/aromatic N) is 2. The SMILES string of the molecule is Cc1cccc(C)c1NC(=O)CNC(=O)CN(C)[C@H](C)c1nc2ccccc2s1. The van der Waals surface area contributed by atoms with Crippen molar-refractivity contribution >= 4 is 39.1 Å². The summed E-state index contributed by atoms with van der Waals surface area (Å²) in [7, 11) is 1.88. The van der Waals surface area contributed by atoms with E-state index in [9.17, 15) is 9.59 Å². The molecule has 1 aromatic heterocycles. The Morgan fingerprint density at radius 3 is 2.45 bits per heavy atom. The van der Waals surface area contributed by atoms with Crippen LogP contribution >= 0.6 is 11.3 Å². The fourth-order valence-corrected chi connectivity index (χ4v) is 4.14. The van der Waals surface area contributed by atoms with Crippen LogP contribution in [0, 0.1) is 13.8 Å². The number of aromatic nitrogens is 1. The van der Waals surface area contributed by atoms with Crippen LogP contribution in [0.15, 0.2) is 42.5 Å². The number of rotatable bonds is 7. The fraction of sp³-hybridized carbons (Fsp3) is 0.318. The Morgan fingerprint density at radius 2 is 1.76 bits per heavy atom. The highest BCUT2D eigenvalue weighted by molar-refractivity contribution is 7.18. The van der Waals surface area contributed by atoms with E-state index in [-0.39, 0.29) is 30.9 Å². The third-order valence-electron chi connectivity index (χ3n) is 4.91. The Kier molecular flexibility index (Phi) is 6.61. The van der Waals surface area contributed by atoms with Crippen molar-refractivity contribution < 1.29 is 9.59 Å². The van der Waals surface area contributed by atoms with Crippen LogP contribution < -0.4 is 10.6 Å². The Balaban J connectivity index is 1.51. The second kappa shape index (κ2) is 9.15. The molecule has 2 amide bonds. The van der Waals surface area contributed by atoms with Crippen molar-refractivity contribution in [2.45, 2.75) is 26.8 Å². The molecule has 0 unspecified atom stereocenters. The van der Waals surface area contributed by atoms with Gasteiger partial charge < -0.3 is 10.6 Å². The first-order chi connectivity index (χ1) is 13.8. The van der Waals surface area contributed by atoms with Crippen LogP contribution in [0.4, 0.5) is 5.69 Å². The molecule has 3 rings (SSSR count). The molecule has 3 aromatic rings. The molecule has 0 aliphatic heterocycles. The van der Waals surface area contributed by atoms with E-state index < -0.39 is 0 Å². The van der Waals surface area contributed by atoms with Crippen LogP contribution in [0.5, 0.6) is 0 Å². The Hall–Kier alpha value is -2.77. The molecule has 2 N–H and O–H groups in total. The molecule has 7 heteroatoms. The molecule has 0 radical (unpaired) electrons. The molecule has 152 valence electrons. The Bertz CT molecular complexity index is 977. The summed E-state index contributed by atoms with van der Waals surface area (Å²) < 4.78 is 1.13. The van der Waals surface area contributed by atoms with Crippen molar-refractivity contribution in [3.63, 3.8) is 0 Å². The number of aryl methyl sites for hydroxylation is 2. The van der Waals surface area contributed by atoms with E-state index in [4.69, 9.17) is 0 Å². The zero-order chi connectivity index (χ0) is 21.0. The van der Waals surface area contributed by atoms with Crippen molar-refractivity contribution in [3.8, 4) is 0 Å². The van der Waals surface area contributed by atoms with Crippen molar-refractivity contribution in [3.05, 3.63) is 58.6 Å². The molecule has 0 aliphatic rings. The average Bonchev–Trinajstić information content (AvgIpc) is 3.13. The summed E-state index contributed by atoms with van der Waals surface area (Å²) in [6, 6.07) is 13.8. The lowest BCUT2D eigenvalue weighted by Gasteiger charge is -2.22. The maximum Gasteiger partial charge on any atom is 0.243 e. The standard InChI is InChI=1S/C22H26N4O2S/c1-14-8-7-9-15(2)21(14)25-19(27)12-23-20(28)13-26(4)16(3)22-24-17-10-5-6-11-18(17)29-22/h5-11,16H,12-13H2,1-4H3,(H,23,28)(H,25,27)/t16-/m1/s1. The number of nitrogens with one attached hydrogen (secondary N) is 2. The molecule has 0 spiro atoms. The van der Waals surface area contributed by atoms with Gasteiger partial charge in [0.15, 0.2) is 0 Å². The first-order valence-electron chi connectivity index (χ1n) is 9.53. The summed E-state index contributed by atoms with van der Waals surface area (Å²) in [4.78, 5) is 31.1. The number of thiazole rings is 1. The number of carbonyl (C=O) groups excluding carboxylic acids is 2. The van der Waals surface area contributed by atoms with Crippen molar-refractivity contribution in [2.75, 3.05) is 25.5 Å². The summed E-state index contributed by atoms with van der Waals surface area (Å²) in [5.41, 5.74) is 3.76. The molecule has 29 heavy (non-hydrogen) atoms. The van der Waals surface area contributed by atoms with Gasteiger partial charge >= 0.3 is 0 Å². The van der Waals surface area contributed by atoms with E-state index in [2.05, 4.69) is 15.6 Å². The van der Waals surface area contributed by atoms with Gasteiger partial charge in [-0.3, -0.25) is 14.5 Å². The number of para-hydroxylation sites is 2. The molecular formula is C22H26N4O2S. The van der Waals surface area contributed by atoms with Gasteiger partial charge in [0.25, 0.3) is 0 Å². The van der Waals surface area contributed by atoms with Gasteiger partial charge in [0.1, 0.15) is 5.01 Å². The second-order valence-corrected chi connectivity index (χ2v) is 8.26. The first-order valence-corrected chi connectivity index (χ1v) is 10.3. The number of anilines is 1. The van der Waals surface area contributed by atoms with E-state index in [1.807, 2.05) is 75.2 Å². The average molecular weight is 411 g/mol. The molecule has 0 bridgehead atoms. The van der Waals surface area contributed by atoms with Crippen LogP contribution in [-0.4, -0.2) is 41.8 Å². The lowest BCUT2D eigenvalue weighted by molar-refractivity contribution is -0.125. The van der Waals surface area contributed by atoms with E-state index >= 15 is 0 Å². The number of likely N-dealkylation sites (N-methyl/N-ethyl adjacent to an activating group) is 1. The van der Waals surface area contributed by atoms with Crippen molar-refractivity contribution in [1.29, 1.82) is 0 Å². The minimum atomic E-state index is -0.238. The predicted molar refractivity (Wildman–Crippen MR) is 118 cm³/mol. The summed E-state index contributed by atoms with van der Waals surface area (Å²) in [5, 5.41) is 6.54. The normalized spacial score (nSPS) is 12.2. The molecule has 1 atom stereocenters. The van der Waals surface area contributed by atoms with Gasteiger partial charge in [-0.05, 0) is 51.1 Å². The highest BCUT2D eigenvalue weighted by atomic mass is 32.1. The quantitative estimate of drug-likeness (QED) is 0.623. The van der Waals surface area contributed by atoms with Gasteiger partial charge in [0.05, 0.1) is 29.3 Å². The predicted octanol–water partition coefficient (Wildman–Crippen LogP) is 3.66. The highest BCUT2D eigenvalue weighted by Gasteiger charge is 2.19. The minimum Gasteiger partial charge on any atom is -0.346 e. The van der Waals surface area contributed by atoms with Gasteiger partial charge in [-0.1, -0.05) is 30.3 Å². The smallest absolute Gasteiger partial charge is 0.243 e. The van der Waals surface area contributed by atoms with Gasteiger partial charge in [0, 0.05) is 5.69 Å². The zero-order valence-corrected chi connectivity index (χ0v) is 18.0. The third-order valence-corrected chi connectivity index (χ3v) is 6.12. The van der Waals surface area contributed by atoms with Crippen LogP contribution in [0.25, 0.3) is 10.2 Å². The number of hydrogen-bond donors (Lipinski definition) is 2. The molecule has 6 nitrogen and oxygen atoms in total. The summed E-state index contributed by atoms with van der Waals surface area (Å²) in [5.74, 6) is -0.435. The van der Waals surface area contributed by atoms with E-state index in [1.54, 1.807) is 11.3 Å². The molecule has 0 saturated heterocycles. The molecular weight excluding hydrogens is 384 g/mol. The van der Waals surface area contributed by atoms with Crippen LogP contribution in [0.3, 0.4) is 0 Å². The van der Waals surface area contributed by atoms with E-state index in [0.717, 1.165) is 32.0 Å². The Morgan fingerprint density at radius 1 is 1.07 bits per heavy atom. The fourth-order valence-electron chi connectivity index (χ4n) is 3.05. The number of hydrogen-bond acceptors (Lipinski definition) is 5. The maximum atomic E-state index is 12.3. The molecule has 1 heterocycles. The van der Waals surface area contributed by atoms with E-state index in [1.165, 1.54) is 0 Å². The number of carbonyl (C=O) groups is 2. The van der Waals surface area contributed by atoms with Gasteiger partial charge in [-0.15, -0.1) is 11.3 Å². The molecule has 0 saturated carbocycles. The van der Waals surface area contributed by atoms with Gasteiger partial charge in [-0.25, -0.2) is 4.98 Å². The zero-order valence-electron chi connectivity index (χ0n) is 17.2. The van der Waals surface area contributed by atoms with Gasteiger partial charge in [0.2, 0.25) is 11.8 Å². The largest absolute Gasteiger partial charge is 0.346 e. The number of amides is 2. The molecule has 0 fully saturated rings. The minimum absolute atomic E-state index is 0.00148. The number of benzene rings is 2. The summed E-state index contributed by atoms with van der Waals surface area (Å²) in [6.45, 7) is 6.04. The molecule has 0 aliphatic carbocycles. The van der Waals surface area contributed by atoms with Crippen LogP contribution in [-0.2, 0) is 9.59 Å². The molecule has 2 aromatic carbocycles.